The standard InChI is InChI=1S/C18H28N2O/c1-19-12-13-20(11-10-16-8-5-9-18(16)21)17(14-19)15-6-3-2-4-7-15/h2-4,6-7,16-18,21H,5,8-14H2,1H3. The van der Waals surface area contributed by atoms with Gasteiger partial charge in [0.25, 0.3) is 0 Å². The van der Waals surface area contributed by atoms with Gasteiger partial charge in [0.15, 0.2) is 0 Å². The van der Waals surface area contributed by atoms with Crippen LogP contribution in [0.5, 0.6) is 0 Å². The first kappa shape index (κ1) is 15.0. The third kappa shape index (κ3) is 3.65. The van der Waals surface area contributed by atoms with Gasteiger partial charge in [-0.2, -0.15) is 0 Å². The number of piperazine rings is 1. The molecule has 3 unspecified atom stereocenters. The van der Waals surface area contributed by atoms with Gasteiger partial charge >= 0.3 is 0 Å². The maximum absolute atomic E-state index is 10.0. The summed E-state index contributed by atoms with van der Waals surface area (Å²) in [6.07, 6.45) is 4.53. The van der Waals surface area contributed by atoms with Gasteiger partial charge in [-0.25, -0.2) is 0 Å². The maximum atomic E-state index is 10.0. The van der Waals surface area contributed by atoms with E-state index in [1.54, 1.807) is 0 Å². The number of hydrogen-bond acceptors (Lipinski definition) is 3. The Bertz CT molecular complexity index is 436. The molecule has 0 aromatic heterocycles. The molecule has 3 heteroatoms. The lowest BCUT2D eigenvalue weighted by molar-refractivity contribution is 0.0697. The number of likely N-dealkylation sites (N-methyl/N-ethyl adjacent to an activating group) is 1. The summed E-state index contributed by atoms with van der Waals surface area (Å²) >= 11 is 0. The zero-order chi connectivity index (χ0) is 14.7. The topological polar surface area (TPSA) is 26.7 Å². The van der Waals surface area contributed by atoms with Crippen LogP contribution in [0.25, 0.3) is 0 Å². The minimum atomic E-state index is -0.0485. The number of benzene rings is 1. The van der Waals surface area contributed by atoms with E-state index in [4.69, 9.17) is 0 Å². The summed E-state index contributed by atoms with van der Waals surface area (Å²) in [5.74, 6) is 0.529. The first-order chi connectivity index (χ1) is 10.2. The van der Waals surface area contributed by atoms with Crippen molar-refractivity contribution >= 4 is 0 Å². The average Bonchev–Trinajstić information content (AvgIpc) is 2.92. The molecule has 0 amide bonds. The minimum Gasteiger partial charge on any atom is -0.393 e. The molecule has 1 saturated heterocycles. The summed E-state index contributed by atoms with van der Waals surface area (Å²) < 4.78 is 0. The summed E-state index contributed by atoms with van der Waals surface area (Å²) in [5.41, 5.74) is 1.43. The molecule has 0 bridgehead atoms. The lowest BCUT2D eigenvalue weighted by atomic mass is 9.98. The molecule has 2 fully saturated rings. The highest BCUT2D eigenvalue weighted by Crippen LogP contribution is 2.31. The number of aliphatic hydroxyl groups excluding tert-OH is 1. The van der Waals surface area contributed by atoms with E-state index in [2.05, 4.69) is 47.2 Å². The molecule has 0 spiro atoms. The van der Waals surface area contributed by atoms with Crippen molar-refractivity contribution < 1.29 is 5.11 Å². The van der Waals surface area contributed by atoms with Gasteiger partial charge in [0.05, 0.1) is 6.10 Å². The van der Waals surface area contributed by atoms with E-state index in [1.165, 1.54) is 18.4 Å². The number of aliphatic hydroxyl groups is 1. The summed E-state index contributed by atoms with van der Waals surface area (Å²) in [6, 6.07) is 11.4. The summed E-state index contributed by atoms with van der Waals surface area (Å²) in [6.45, 7) is 4.52. The highest BCUT2D eigenvalue weighted by atomic mass is 16.3. The Balaban J connectivity index is 1.64. The Morgan fingerprint density at radius 2 is 1.95 bits per heavy atom. The molecule has 1 aromatic carbocycles. The predicted molar refractivity (Wildman–Crippen MR) is 86.2 cm³/mol. The molecule has 3 rings (SSSR count). The average molecular weight is 288 g/mol. The minimum absolute atomic E-state index is 0.0485. The van der Waals surface area contributed by atoms with E-state index >= 15 is 0 Å². The Morgan fingerprint density at radius 1 is 1.14 bits per heavy atom. The molecule has 1 aromatic rings. The molecule has 1 N–H and O–H groups in total. The summed E-state index contributed by atoms with van der Waals surface area (Å²) in [5, 5.41) is 10.0. The summed E-state index contributed by atoms with van der Waals surface area (Å²) in [7, 11) is 2.22. The van der Waals surface area contributed by atoms with Crippen molar-refractivity contribution in [2.75, 3.05) is 33.2 Å². The van der Waals surface area contributed by atoms with Gasteiger partial charge in [0, 0.05) is 25.7 Å². The van der Waals surface area contributed by atoms with Crippen molar-refractivity contribution in [3.8, 4) is 0 Å². The fraction of sp³-hybridized carbons (Fsp3) is 0.667. The normalized spacial score (nSPS) is 31.6. The van der Waals surface area contributed by atoms with E-state index < -0.39 is 0 Å². The van der Waals surface area contributed by atoms with Gasteiger partial charge in [0.1, 0.15) is 0 Å². The van der Waals surface area contributed by atoms with Crippen LogP contribution in [0.15, 0.2) is 30.3 Å². The van der Waals surface area contributed by atoms with E-state index in [0.29, 0.717) is 12.0 Å². The Labute approximate surface area is 128 Å². The quantitative estimate of drug-likeness (QED) is 0.922. The molecule has 1 saturated carbocycles. The lowest BCUT2D eigenvalue weighted by Crippen LogP contribution is -2.47. The Hall–Kier alpha value is -0.900. The molecule has 116 valence electrons. The van der Waals surface area contributed by atoms with Crippen molar-refractivity contribution in [2.24, 2.45) is 5.92 Å². The van der Waals surface area contributed by atoms with Gasteiger partial charge in [0.2, 0.25) is 0 Å². The molecule has 2 aliphatic rings. The number of nitrogens with zero attached hydrogens (tertiary/aromatic N) is 2. The van der Waals surface area contributed by atoms with Crippen LogP contribution in [0.2, 0.25) is 0 Å². The molecular formula is C18H28N2O. The van der Waals surface area contributed by atoms with Crippen LogP contribution in [-0.2, 0) is 0 Å². The van der Waals surface area contributed by atoms with E-state index in [1.807, 2.05) is 0 Å². The first-order valence-electron chi connectivity index (χ1n) is 8.39. The molecular weight excluding hydrogens is 260 g/mol. The lowest BCUT2D eigenvalue weighted by Gasteiger charge is -2.41. The molecule has 3 atom stereocenters. The third-order valence-corrected chi connectivity index (χ3v) is 5.28. The number of hydrogen-bond donors (Lipinski definition) is 1. The summed E-state index contributed by atoms with van der Waals surface area (Å²) in [4.78, 5) is 5.05. The molecule has 1 aliphatic carbocycles. The Morgan fingerprint density at radius 3 is 2.67 bits per heavy atom. The SMILES string of the molecule is CN1CCN(CCC2CCCC2O)C(c2ccccc2)C1. The zero-order valence-corrected chi connectivity index (χ0v) is 13.1. The van der Waals surface area contributed by atoms with Gasteiger partial charge in [-0.3, -0.25) is 4.90 Å². The van der Waals surface area contributed by atoms with Crippen molar-refractivity contribution in [3.63, 3.8) is 0 Å². The molecule has 0 radical (unpaired) electrons. The highest BCUT2D eigenvalue weighted by Gasteiger charge is 2.29. The van der Waals surface area contributed by atoms with Gasteiger partial charge < -0.3 is 10.0 Å². The van der Waals surface area contributed by atoms with Crippen molar-refractivity contribution in [1.29, 1.82) is 0 Å². The van der Waals surface area contributed by atoms with Crippen LogP contribution >= 0.6 is 0 Å². The zero-order valence-electron chi connectivity index (χ0n) is 13.1. The predicted octanol–water partition coefficient (Wildman–Crippen LogP) is 2.53. The second-order valence-corrected chi connectivity index (χ2v) is 6.77. The van der Waals surface area contributed by atoms with E-state index in [0.717, 1.165) is 39.0 Å². The first-order valence-corrected chi connectivity index (χ1v) is 8.39. The van der Waals surface area contributed by atoms with Crippen LogP contribution in [-0.4, -0.2) is 54.2 Å². The molecule has 1 heterocycles. The largest absolute Gasteiger partial charge is 0.393 e. The smallest absolute Gasteiger partial charge is 0.0568 e. The van der Waals surface area contributed by atoms with Crippen LogP contribution in [0.1, 0.15) is 37.3 Å². The van der Waals surface area contributed by atoms with Gasteiger partial charge in [-0.05, 0) is 44.3 Å². The Kier molecular flexibility index (Phi) is 4.94. The fourth-order valence-electron chi connectivity index (χ4n) is 3.90. The van der Waals surface area contributed by atoms with Crippen molar-refractivity contribution in [3.05, 3.63) is 35.9 Å². The third-order valence-electron chi connectivity index (χ3n) is 5.28. The molecule has 21 heavy (non-hydrogen) atoms. The van der Waals surface area contributed by atoms with Crippen LogP contribution in [0, 0.1) is 5.92 Å². The van der Waals surface area contributed by atoms with Crippen molar-refractivity contribution in [2.45, 2.75) is 37.8 Å². The fourth-order valence-corrected chi connectivity index (χ4v) is 3.90. The maximum Gasteiger partial charge on any atom is 0.0568 e. The molecule has 3 nitrogen and oxygen atoms in total. The van der Waals surface area contributed by atoms with Crippen LogP contribution in [0.3, 0.4) is 0 Å². The van der Waals surface area contributed by atoms with E-state index in [-0.39, 0.29) is 6.10 Å². The van der Waals surface area contributed by atoms with Crippen molar-refractivity contribution in [1.82, 2.24) is 9.80 Å². The van der Waals surface area contributed by atoms with Crippen LogP contribution < -0.4 is 0 Å². The molecule has 1 aliphatic heterocycles. The van der Waals surface area contributed by atoms with Crippen LogP contribution in [0.4, 0.5) is 0 Å². The second-order valence-electron chi connectivity index (χ2n) is 6.77. The van der Waals surface area contributed by atoms with Gasteiger partial charge in [-0.1, -0.05) is 36.8 Å². The highest BCUT2D eigenvalue weighted by molar-refractivity contribution is 5.20. The second kappa shape index (κ2) is 6.91. The van der Waals surface area contributed by atoms with E-state index in [9.17, 15) is 5.11 Å². The monoisotopic (exact) mass is 288 g/mol. The van der Waals surface area contributed by atoms with Gasteiger partial charge in [-0.15, -0.1) is 0 Å². The number of rotatable bonds is 4.